The molecule has 0 radical (unpaired) electrons. The van der Waals surface area contributed by atoms with Gasteiger partial charge in [0.25, 0.3) is 0 Å². The van der Waals surface area contributed by atoms with E-state index in [-0.39, 0.29) is 37.6 Å². The second kappa shape index (κ2) is 9.55. The zero-order valence-electron chi connectivity index (χ0n) is 12.8. The van der Waals surface area contributed by atoms with Gasteiger partial charge < -0.3 is 14.8 Å². The lowest BCUT2D eigenvalue weighted by molar-refractivity contribution is -0.150. The van der Waals surface area contributed by atoms with Crippen LogP contribution in [0.15, 0.2) is 30.3 Å². The lowest BCUT2D eigenvalue weighted by Gasteiger charge is -2.13. The fraction of sp³-hybridized carbons (Fsp3) is 0.438. The van der Waals surface area contributed by atoms with Crippen LogP contribution >= 0.6 is 0 Å². The Hall–Kier alpha value is -2.37. The van der Waals surface area contributed by atoms with Crippen LogP contribution in [0, 0.1) is 0 Å². The van der Waals surface area contributed by atoms with Crippen molar-refractivity contribution in [3.05, 3.63) is 35.9 Å². The van der Waals surface area contributed by atoms with Crippen LogP contribution in [0.1, 0.15) is 38.4 Å². The first-order valence-corrected chi connectivity index (χ1v) is 7.13. The molecule has 22 heavy (non-hydrogen) atoms. The van der Waals surface area contributed by atoms with Crippen LogP contribution in [-0.4, -0.2) is 31.0 Å². The molecule has 6 heteroatoms. The normalized spacial score (nSPS) is 11.4. The molecule has 1 aromatic carbocycles. The lowest BCUT2D eigenvalue weighted by Crippen LogP contribution is -2.28. The number of nitrogens with one attached hydrogen (secondary N) is 1. The van der Waals surface area contributed by atoms with E-state index in [1.807, 2.05) is 30.3 Å². The van der Waals surface area contributed by atoms with Crippen molar-refractivity contribution in [1.82, 2.24) is 5.32 Å². The van der Waals surface area contributed by atoms with Gasteiger partial charge in [0.1, 0.15) is 12.6 Å². The van der Waals surface area contributed by atoms with Crippen molar-refractivity contribution in [2.75, 3.05) is 13.2 Å². The van der Waals surface area contributed by atoms with Crippen molar-refractivity contribution in [3.8, 4) is 0 Å². The molecule has 0 aliphatic carbocycles. The molecule has 1 N–H and O–H groups in total. The van der Waals surface area contributed by atoms with Gasteiger partial charge in [-0.2, -0.15) is 0 Å². The van der Waals surface area contributed by atoms with E-state index in [4.69, 9.17) is 9.47 Å². The zero-order valence-corrected chi connectivity index (χ0v) is 12.8. The Labute approximate surface area is 129 Å². The summed E-state index contributed by atoms with van der Waals surface area (Å²) in [6.07, 6.45) is 0.243. The van der Waals surface area contributed by atoms with Crippen molar-refractivity contribution >= 4 is 17.8 Å². The summed E-state index contributed by atoms with van der Waals surface area (Å²) in [6.45, 7) is 3.08. The van der Waals surface area contributed by atoms with E-state index in [1.54, 1.807) is 6.92 Å². The van der Waals surface area contributed by atoms with Gasteiger partial charge in [0.05, 0.1) is 6.61 Å². The van der Waals surface area contributed by atoms with Gasteiger partial charge in [-0.25, -0.2) is 0 Å². The van der Waals surface area contributed by atoms with Gasteiger partial charge in [-0.3, -0.25) is 14.4 Å². The molecule has 1 amide bonds. The van der Waals surface area contributed by atoms with E-state index in [1.165, 1.54) is 6.92 Å². The van der Waals surface area contributed by atoms with Gasteiger partial charge in [-0.1, -0.05) is 30.3 Å². The molecule has 1 rings (SSSR count). The molecule has 0 fully saturated rings. The highest BCUT2D eigenvalue weighted by Gasteiger charge is 2.11. The highest BCUT2D eigenvalue weighted by molar-refractivity contribution is 5.80. The second-order valence-electron chi connectivity index (χ2n) is 4.78. The first kappa shape index (κ1) is 17.7. The minimum Gasteiger partial charge on any atom is -0.464 e. The third-order valence-corrected chi connectivity index (χ3v) is 2.85. The smallest absolute Gasteiger partial charge is 0.325 e. The third-order valence-electron chi connectivity index (χ3n) is 2.85. The number of carbonyl (C=O) groups is 3. The third kappa shape index (κ3) is 7.42. The summed E-state index contributed by atoms with van der Waals surface area (Å²) < 4.78 is 10.2. The van der Waals surface area contributed by atoms with Crippen molar-refractivity contribution in [2.45, 2.75) is 32.8 Å². The van der Waals surface area contributed by atoms with Crippen LogP contribution in [0.2, 0.25) is 0 Å². The Morgan fingerprint density at radius 3 is 2.45 bits per heavy atom. The molecule has 0 heterocycles. The molecule has 1 atom stereocenters. The van der Waals surface area contributed by atoms with Crippen LogP contribution in [-0.2, 0) is 23.9 Å². The maximum absolute atomic E-state index is 11.7. The molecule has 0 unspecified atom stereocenters. The van der Waals surface area contributed by atoms with Gasteiger partial charge in [0.15, 0.2) is 0 Å². The van der Waals surface area contributed by atoms with Gasteiger partial charge in [0.2, 0.25) is 5.91 Å². The zero-order chi connectivity index (χ0) is 16.4. The van der Waals surface area contributed by atoms with Crippen LogP contribution in [0.3, 0.4) is 0 Å². The van der Waals surface area contributed by atoms with Gasteiger partial charge in [0, 0.05) is 13.3 Å². The number of rotatable bonds is 8. The molecule has 0 bridgehead atoms. The number of ether oxygens (including phenoxy) is 2. The summed E-state index contributed by atoms with van der Waals surface area (Å²) in [7, 11) is 0. The van der Waals surface area contributed by atoms with Crippen LogP contribution in [0.4, 0.5) is 0 Å². The summed E-state index contributed by atoms with van der Waals surface area (Å²) in [5.41, 5.74) is 0.928. The number of amides is 1. The number of esters is 2. The van der Waals surface area contributed by atoms with E-state index in [0.717, 1.165) is 5.56 Å². The van der Waals surface area contributed by atoms with E-state index >= 15 is 0 Å². The summed E-state index contributed by atoms with van der Waals surface area (Å²) in [5, 5.41) is 2.33. The average Bonchev–Trinajstić information content (AvgIpc) is 2.50. The molecule has 0 saturated carbocycles. The van der Waals surface area contributed by atoms with Crippen molar-refractivity contribution in [3.63, 3.8) is 0 Å². The molecule has 6 nitrogen and oxygen atoms in total. The number of hydrogen-bond acceptors (Lipinski definition) is 5. The molecule has 0 saturated heterocycles. The molecule has 120 valence electrons. The second-order valence-corrected chi connectivity index (χ2v) is 4.78. The first-order chi connectivity index (χ1) is 10.5. The molecule has 1 aromatic rings. The van der Waals surface area contributed by atoms with Crippen LogP contribution < -0.4 is 5.32 Å². The molecular weight excluding hydrogens is 286 g/mol. The Bertz CT molecular complexity index is 501. The Morgan fingerprint density at radius 1 is 1.14 bits per heavy atom. The van der Waals surface area contributed by atoms with Gasteiger partial charge >= 0.3 is 11.9 Å². The van der Waals surface area contributed by atoms with Crippen molar-refractivity contribution in [1.29, 1.82) is 0 Å². The molecule has 0 aliphatic rings. The van der Waals surface area contributed by atoms with E-state index in [0.29, 0.717) is 6.42 Å². The van der Waals surface area contributed by atoms with Crippen molar-refractivity contribution in [2.24, 2.45) is 0 Å². The quantitative estimate of drug-likeness (QED) is 0.584. The monoisotopic (exact) mass is 307 g/mol. The first-order valence-electron chi connectivity index (χ1n) is 7.13. The molecule has 0 aromatic heterocycles. The van der Waals surface area contributed by atoms with Gasteiger partial charge in [-0.05, 0) is 18.9 Å². The minimum atomic E-state index is -0.527. The predicted molar refractivity (Wildman–Crippen MR) is 79.8 cm³/mol. The maximum Gasteiger partial charge on any atom is 0.325 e. The maximum atomic E-state index is 11.7. The molecule has 0 aliphatic heterocycles. The Kier molecular flexibility index (Phi) is 7.67. The fourth-order valence-electron chi connectivity index (χ4n) is 1.70. The summed E-state index contributed by atoms with van der Waals surface area (Å²) in [6, 6.07) is 9.44. The van der Waals surface area contributed by atoms with Crippen LogP contribution in [0.5, 0.6) is 0 Å². The standard InChI is InChI=1S/C16H21NO5/c1-12(14-7-4-3-5-8-14)22-15(19)9-6-10-21-16(20)11-17-13(2)18/h3-5,7-8,12H,6,9-11H2,1-2H3,(H,17,18)/t12-/m1/s1. The number of hydrogen-bond donors (Lipinski definition) is 1. The minimum absolute atomic E-state index is 0.118. The number of carbonyl (C=O) groups excluding carboxylic acids is 3. The SMILES string of the molecule is CC(=O)NCC(=O)OCCCC(=O)O[C@H](C)c1ccccc1. The lowest BCUT2D eigenvalue weighted by atomic mass is 10.1. The van der Waals surface area contributed by atoms with E-state index < -0.39 is 5.97 Å². The van der Waals surface area contributed by atoms with Crippen LogP contribution in [0.25, 0.3) is 0 Å². The molecular formula is C16H21NO5. The Balaban J connectivity index is 2.16. The van der Waals surface area contributed by atoms with E-state index in [2.05, 4.69) is 5.32 Å². The number of benzene rings is 1. The summed E-state index contributed by atoms with van der Waals surface area (Å²) in [5.74, 6) is -1.16. The molecule has 0 spiro atoms. The van der Waals surface area contributed by atoms with E-state index in [9.17, 15) is 14.4 Å². The highest BCUT2D eigenvalue weighted by Crippen LogP contribution is 2.16. The topological polar surface area (TPSA) is 81.7 Å². The summed E-state index contributed by atoms with van der Waals surface area (Å²) >= 11 is 0. The highest BCUT2D eigenvalue weighted by atomic mass is 16.5. The largest absolute Gasteiger partial charge is 0.464 e. The average molecular weight is 307 g/mol. The fourth-order valence-corrected chi connectivity index (χ4v) is 1.70. The van der Waals surface area contributed by atoms with Gasteiger partial charge in [-0.15, -0.1) is 0 Å². The predicted octanol–water partition coefficient (Wildman–Crippen LogP) is 1.75. The summed E-state index contributed by atoms with van der Waals surface area (Å²) in [4.78, 5) is 33.5. The van der Waals surface area contributed by atoms with Crippen molar-refractivity contribution < 1.29 is 23.9 Å². The Morgan fingerprint density at radius 2 is 1.82 bits per heavy atom.